The van der Waals surface area contributed by atoms with Gasteiger partial charge >= 0.3 is 0 Å². The van der Waals surface area contributed by atoms with Gasteiger partial charge in [0.2, 0.25) is 11.8 Å². The highest BCUT2D eigenvalue weighted by atomic mass is 16.2. The van der Waals surface area contributed by atoms with Gasteiger partial charge in [0.25, 0.3) is 0 Å². The summed E-state index contributed by atoms with van der Waals surface area (Å²) in [4.78, 5) is 31.0. The second-order valence-corrected chi connectivity index (χ2v) is 8.58. The van der Waals surface area contributed by atoms with Crippen LogP contribution in [0.15, 0.2) is 29.3 Å². The molecular weight excluding hydrogens is 378 g/mol. The Kier molecular flexibility index (Phi) is 8.69. The number of carbonyl (C=O) groups excluding carboxylic acids is 2. The van der Waals surface area contributed by atoms with Gasteiger partial charge in [0.05, 0.1) is 12.0 Å². The molecule has 0 spiro atoms. The number of carbonyl (C=O) groups is 2. The SMILES string of the molecule is CCNC(=NCc1ccc(NC(=O)C(C)C)cc1)NCC1(C(=O)N(C)C)CCCC1. The van der Waals surface area contributed by atoms with E-state index in [1.807, 2.05) is 59.1 Å². The maximum Gasteiger partial charge on any atom is 0.230 e. The van der Waals surface area contributed by atoms with Crippen molar-refractivity contribution in [2.75, 3.05) is 32.5 Å². The fourth-order valence-electron chi connectivity index (χ4n) is 3.74. The normalized spacial score (nSPS) is 15.7. The van der Waals surface area contributed by atoms with E-state index in [2.05, 4.69) is 20.9 Å². The average Bonchev–Trinajstić information content (AvgIpc) is 3.20. The zero-order valence-corrected chi connectivity index (χ0v) is 19.0. The number of benzene rings is 1. The van der Waals surface area contributed by atoms with Crippen LogP contribution in [0.2, 0.25) is 0 Å². The van der Waals surface area contributed by atoms with Crippen LogP contribution in [0.4, 0.5) is 5.69 Å². The lowest BCUT2D eigenvalue weighted by molar-refractivity contribution is -0.138. The lowest BCUT2D eigenvalue weighted by Gasteiger charge is -2.31. The zero-order chi connectivity index (χ0) is 22.1. The minimum atomic E-state index is -0.337. The summed E-state index contributed by atoms with van der Waals surface area (Å²) in [7, 11) is 3.66. The van der Waals surface area contributed by atoms with Crippen LogP contribution in [-0.2, 0) is 16.1 Å². The highest BCUT2D eigenvalue weighted by Gasteiger charge is 2.42. The lowest BCUT2D eigenvalue weighted by atomic mass is 9.84. The molecule has 1 saturated carbocycles. The molecule has 0 bridgehead atoms. The first-order chi connectivity index (χ1) is 14.3. The van der Waals surface area contributed by atoms with Gasteiger partial charge in [-0.1, -0.05) is 38.8 Å². The molecule has 166 valence electrons. The summed E-state index contributed by atoms with van der Waals surface area (Å²) in [5, 5.41) is 9.56. The summed E-state index contributed by atoms with van der Waals surface area (Å²) in [6.45, 7) is 7.63. The van der Waals surface area contributed by atoms with Crippen molar-refractivity contribution < 1.29 is 9.59 Å². The van der Waals surface area contributed by atoms with Crippen molar-refractivity contribution in [3.8, 4) is 0 Å². The van der Waals surface area contributed by atoms with Gasteiger partial charge in [0, 0.05) is 38.8 Å². The second kappa shape index (κ2) is 11.0. The number of rotatable bonds is 8. The Hall–Kier alpha value is -2.57. The van der Waals surface area contributed by atoms with Gasteiger partial charge in [-0.25, -0.2) is 4.99 Å². The summed E-state index contributed by atoms with van der Waals surface area (Å²) >= 11 is 0. The van der Waals surface area contributed by atoms with E-state index in [0.29, 0.717) is 19.0 Å². The zero-order valence-electron chi connectivity index (χ0n) is 19.0. The minimum absolute atomic E-state index is 0.00696. The lowest BCUT2D eigenvalue weighted by Crippen LogP contribution is -2.49. The smallest absolute Gasteiger partial charge is 0.230 e. The molecule has 0 heterocycles. The van der Waals surface area contributed by atoms with Gasteiger partial charge in [-0.2, -0.15) is 0 Å². The van der Waals surface area contributed by atoms with Crippen molar-refractivity contribution in [2.24, 2.45) is 16.3 Å². The third kappa shape index (κ3) is 6.47. The van der Waals surface area contributed by atoms with E-state index in [1.165, 1.54) is 0 Å². The Morgan fingerprint density at radius 2 is 1.73 bits per heavy atom. The third-order valence-electron chi connectivity index (χ3n) is 5.52. The topological polar surface area (TPSA) is 85.8 Å². The second-order valence-electron chi connectivity index (χ2n) is 8.58. The number of anilines is 1. The first-order valence-electron chi connectivity index (χ1n) is 10.9. The molecule has 1 aliphatic rings. The molecule has 0 radical (unpaired) electrons. The van der Waals surface area contributed by atoms with Crippen molar-refractivity contribution in [3.05, 3.63) is 29.8 Å². The van der Waals surface area contributed by atoms with Gasteiger partial charge in [0.15, 0.2) is 5.96 Å². The molecule has 0 saturated heterocycles. The van der Waals surface area contributed by atoms with Gasteiger partial charge in [-0.3, -0.25) is 9.59 Å². The van der Waals surface area contributed by atoms with Crippen molar-refractivity contribution in [1.82, 2.24) is 15.5 Å². The number of nitrogens with zero attached hydrogens (tertiary/aromatic N) is 2. The molecule has 1 aliphatic carbocycles. The highest BCUT2D eigenvalue weighted by molar-refractivity contribution is 5.92. The highest BCUT2D eigenvalue weighted by Crippen LogP contribution is 2.38. The molecule has 2 amide bonds. The fraction of sp³-hybridized carbons (Fsp3) is 0.609. The van der Waals surface area contributed by atoms with Gasteiger partial charge in [0.1, 0.15) is 0 Å². The van der Waals surface area contributed by atoms with Gasteiger partial charge in [-0.05, 0) is 37.5 Å². The number of guanidine groups is 1. The van der Waals surface area contributed by atoms with Crippen LogP contribution in [0, 0.1) is 11.3 Å². The first kappa shape index (κ1) is 23.7. The standard InChI is InChI=1S/C23H37N5O2/c1-6-24-22(26-16-23(13-7-8-14-23)21(30)28(4)5)25-15-18-9-11-19(12-10-18)27-20(29)17(2)3/h9-12,17H,6-8,13-16H2,1-5H3,(H,27,29)(H2,24,25,26). The van der Waals surface area contributed by atoms with Crippen molar-refractivity contribution in [2.45, 2.75) is 53.0 Å². The monoisotopic (exact) mass is 415 g/mol. The Morgan fingerprint density at radius 1 is 1.10 bits per heavy atom. The average molecular weight is 416 g/mol. The molecule has 3 N–H and O–H groups in total. The molecule has 0 atom stereocenters. The number of amides is 2. The van der Waals surface area contributed by atoms with E-state index in [4.69, 9.17) is 0 Å². The van der Waals surface area contributed by atoms with Crippen molar-refractivity contribution >= 4 is 23.5 Å². The van der Waals surface area contributed by atoms with Crippen LogP contribution in [0.3, 0.4) is 0 Å². The summed E-state index contributed by atoms with van der Waals surface area (Å²) in [6.07, 6.45) is 4.02. The Bertz CT molecular complexity index is 734. The van der Waals surface area contributed by atoms with Crippen LogP contribution in [0.5, 0.6) is 0 Å². The van der Waals surface area contributed by atoms with E-state index in [1.54, 1.807) is 4.90 Å². The number of hydrogen-bond donors (Lipinski definition) is 3. The fourth-order valence-corrected chi connectivity index (χ4v) is 3.74. The maximum atomic E-state index is 12.8. The molecule has 0 aromatic heterocycles. The van der Waals surface area contributed by atoms with Crippen LogP contribution < -0.4 is 16.0 Å². The molecule has 7 nitrogen and oxygen atoms in total. The molecule has 0 unspecified atom stereocenters. The third-order valence-corrected chi connectivity index (χ3v) is 5.52. The molecule has 2 rings (SSSR count). The molecular formula is C23H37N5O2. The predicted octanol–water partition coefficient (Wildman–Crippen LogP) is 2.98. The van der Waals surface area contributed by atoms with E-state index >= 15 is 0 Å². The van der Waals surface area contributed by atoms with Crippen LogP contribution in [0.1, 0.15) is 52.0 Å². The van der Waals surface area contributed by atoms with Crippen molar-refractivity contribution in [3.63, 3.8) is 0 Å². The largest absolute Gasteiger partial charge is 0.357 e. The summed E-state index contributed by atoms with van der Waals surface area (Å²) in [5.41, 5.74) is 1.50. The molecule has 30 heavy (non-hydrogen) atoms. The Balaban J connectivity index is 2.00. The van der Waals surface area contributed by atoms with Crippen molar-refractivity contribution in [1.29, 1.82) is 0 Å². The molecule has 1 aromatic rings. The number of nitrogens with one attached hydrogen (secondary N) is 3. The van der Waals surface area contributed by atoms with E-state index in [0.717, 1.165) is 43.5 Å². The van der Waals surface area contributed by atoms with E-state index < -0.39 is 0 Å². The molecule has 1 aromatic carbocycles. The minimum Gasteiger partial charge on any atom is -0.357 e. The van der Waals surface area contributed by atoms with Crippen LogP contribution in [-0.4, -0.2) is 49.9 Å². The molecule has 1 fully saturated rings. The quantitative estimate of drug-likeness (QED) is 0.450. The summed E-state index contributed by atoms with van der Waals surface area (Å²) in [6, 6.07) is 7.73. The van der Waals surface area contributed by atoms with Gasteiger partial charge < -0.3 is 20.9 Å². The maximum absolute atomic E-state index is 12.8. The number of aliphatic imine (C=N–C) groups is 1. The first-order valence-corrected chi connectivity index (χ1v) is 10.9. The summed E-state index contributed by atoms with van der Waals surface area (Å²) < 4.78 is 0. The molecule has 7 heteroatoms. The Labute approximate surface area is 180 Å². The van der Waals surface area contributed by atoms with Gasteiger partial charge in [-0.15, -0.1) is 0 Å². The molecule has 0 aliphatic heterocycles. The predicted molar refractivity (Wildman–Crippen MR) is 122 cm³/mol. The summed E-state index contributed by atoms with van der Waals surface area (Å²) in [5.74, 6) is 0.869. The van der Waals surface area contributed by atoms with E-state index in [-0.39, 0.29) is 23.1 Å². The van der Waals surface area contributed by atoms with E-state index in [9.17, 15) is 9.59 Å². The Morgan fingerprint density at radius 3 is 2.27 bits per heavy atom. The van der Waals surface area contributed by atoms with Crippen LogP contribution >= 0.6 is 0 Å². The van der Waals surface area contributed by atoms with Crippen LogP contribution in [0.25, 0.3) is 0 Å². The number of hydrogen-bond acceptors (Lipinski definition) is 3.